The summed E-state index contributed by atoms with van der Waals surface area (Å²) in [6.07, 6.45) is 1.83. The summed E-state index contributed by atoms with van der Waals surface area (Å²) in [6.45, 7) is 4.98. The normalized spacial score (nSPS) is 12.8. The number of nitrogens with one attached hydrogen (secondary N) is 1. The van der Waals surface area contributed by atoms with E-state index in [1.165, 1.54) is 11.8 Å². The molecule has 0 atom stereocenters. The number of ether oxygens (including phenoxy) is 3. The number of carbonyl (C=O) groups excluding carboxylic acids is 1. The lowest BCUT2D eigenvalue weighted by Crippen LogP contribution is -2.28. The first-order valence-electron chi connectivity index (χ1n) is 8.57. The van der Waals surface area contributed by atoms with Gasteiger partial charge in [-0.25, -0.2) is 4.98 Å². The molecule has 140 valence electrons. The molecule has 3 rings (SSSR count). The van der Waals surface area contributed by atoms with Gasteiger partial charge >= 0.3 is 0 Å². The van der Waals surface area contributed by atoms with E-state index in [1.54, 1.807) is 7.11 Å². The van der Waals surface area contributed by atoms with E-state index in [0.29, 0.717) is 32.1 Å². The number of carbonyl (C=O) groups is 1. The Labute approximate surface area is 157 Å². The van der Waals surface area contributed by atoms with Crippen LogP contribution in [0.15, 0.2) is 29.6 Å². The van der Waals surface area contributed by atoms with Crippen molar-refractivity contribution in [2.24, 2.45) is 0 Å². The summed E-state index contributed by atoms with van der Waals surface area (Å²) in [6, 6.07) is 5.90. The quantitative estimate of drug-likeness (QED) is 0.562. The zero-order valence-electron chi connectivity index (χ0n) is 15.0. The molecule has 1 aliphatic rings. The summed E-state index contributed by atoms with van der Waals surface area (Å²) in [7, 11) is 1.61. The Balaban J connectivity index is 1.71. The van der Waals surface area contributed by atoms with Gasteiger partial charge in [-0.3, -0.25) is 4.79 Å². The van der Waals surface area contributed by atoms with E-state index < -0.39 is 0 Å². The number of fused-ring (bicyclic) bond motifs is 1. The van der Waals surface area contributed by atoms with Crippen LogP contribution in [0.1, 0.15) is 6.92 Å². The summed E-state index contributed by atoms with van der Waals surface area (Å²) in [5.41, 5.74) is 2.01. The van der Waals surface area contributed by atoms with E-state index in [1.807, 2.05) is 24.4 Å². The van der Waals surface area contributed by atoms with Crippen LogP contribution in [0.3, 0.4) is 0 Å². The Hall–Kier alpha value is -2.19. The van der Waals surface area contributed by atoms with Crippen LogP contribution >= 0.6 is 11.8 Å². The molecule has 1 aromatic carbocycles. The standard InChI is InChI=1S/C18H23N3O4S/c1-3-21-14(13-4-5-15-16(10-13)25-9-8-24-15)11-20-18(21)26-12-17(22)19-6-7-23-2/h4-5,10-11H,3,6-9,12H2,1-2H3,(H,19,22). The lowest BCUT2D eigenvalue weighted by atomic mass is 10.1. The lowest BCUT2D eigenvalue weighted by Gasteiger charge is -2.19. The van der Waals surface area contributed by atoms with Crippen molar-refractivity contribution in [1.82, 2.24) is 14.9 Å². The van der Waals surface area contributed by atoms with Gasteiger partial charge in [0.15, 0.2) is 16.7 Å². The van der Waals surface area contributed by atoms with Crippen LogP contribution in [-0.2, 0) is 16.1 Å². The molecule has 8 heteroatoms. The maximum atomic E-state index is 11.9. The lowest BCUT2D eigenvalue weighted by molar-refractivity contribution is -0.118. The van der Waals surface area contributed by atoms with E-state index in [-0.39, 0.29) is 5.91 Å². The molecule has 2 heterocycles. The predicted molar refractivity (Wildman–Crippen MR) is 99.9 cm³/mol. The van der Waals surface area contributed by atoms with E-state index in [9.17, 15) is 4.79 Å². The summed E-state index contributed by atoms with van der Waals surface area (Å²) in [5.74, 6) is 1.81. The van der Waals surface area contributed by atoms with Gasteiger partial charge in [0.1, 0.15) is 13.2 Å². The Morgan fingerprint density at radius 2 is 2.15 bits per heavy atom. The van der Waals surface area contributed by atoms with Gasteiger partial charge in [0.25, 0.3) is 0 Å². The summed E-state index contributed by atoms with van der Waals surface area (Å²) >= 11 is 1.43. The van der Waals surface area contributed by atoms with E-state index in [2.05, 4.69) is 21.8 Å². The number of benzene rings is 1. The average Bonchev–Trinajstić information content (AvgIpc) is 3.09. The molecule has 0 fully saturated rings. The molecule has 0 aliphatic carbocycles. The van der Waals surface area contributed by atoms with Crippen LogP contribution in [0.2, 0.25) is 0 Å². The third kappa shape index (κ3) is 4.31. The molecule has 1 N–H and O–H groups in total. The fourth-order valence-corrected chi connectivity index (χ4v) is 3.56. The molecule has 1 aromatic heterocycles. The maximum absolute atomic E-state index is 11.9. The smallest absolute Gasteiger partial charge is 0.230 e. The fourth-order valence-electron chi connectivity index (χ4n) is 2.69. The fraction of sp³-hybridized carbons (Fsp3) is 0.444. The first-order valence-corrected chi connectivity index (χ1v) is 9.55. The van der Waals surface area contributed by atoms with Gasteiger partial charge in [0, 0.05) is 25.8 Å². The molecule has 1 amide bonds. The summed E-state index contributed by atoms with van der Waals surface area (Å²) in [4.78, 5) is 16.4. The minimum atomic E-state index is -0.0291. The molecule has 0 bridgehead atoms. The monoisotopic (exact) mass is 377 g/mol. The highest BCUT2D eigenvalue weighted by Crippen LogP contribution is 2.35. The Morgan fingerprint density at radius 3 is 2.92 bits per heavy atom. The predicted octanol–water partition coefficient (Wildman–Crippen LogP) is 2.20. The first kappa shape index (κ1) is 18.6. The van der Waals surface area contributed by atoms with Crippen LogP contribution in [-0.4, -0.2) is 54.7 Å². The molecule has 1 aliphatic heterocycles. The van der Waals surface area contributed by atoms with Gasteiger partial charge in [0.05, 0.1) is 24.3 Å². The summed E-state index contributed by atoms with van der Waals surface area (Å²) in [5, 5.41) is 3.63. The molecule has 0 radical (unpaired) electrons. The van der Waals surface area contributed by atoms with Crippen molar-refractivity contribution >= 4 is 17.7 Å². The summed E-state index contributed by atoms with van der Waals surface area (Å²) < 4.78 is 18.3. The molecular weight excluding hydrogens is 354 g/mol. The SMILES string of the molecule is CCn1c(-c2ccc3c(c2)OCCO3)cnc1SCC(=O)NCCOC. The number of methoxy groups -OCH3 is 1. The van der Waals surface area contributed by atoms with Crippen molar-refractivity contribution in [3.63, 3.8) is 0 Å². The number of hydrogen-bond acceptors (Lipinski definition) is 6. The van der Waals surface area contributed by atoms with Crippen LogP contribution in [0, 0.1) is 0 Å². The van der Waals surface area contributed by atoms with Gasteiger partial charge in [-0.2, -0.15) is 0 Å². The molecule has 0 spiro atoms. The Morgan fingerprint density at radius 1 is 1.35 bits per heavy atom. The molecule has 0 saturated carbocycles. The number of hydrogen-bond donors (Lipinski definition) is 1. The number of aromatic nitrogens is 2. The zero-order valence-corrected chi connectivity index (χ0v) is 15.8. The number of thioether (sulfide) groups is 1. The van der Waals surface area contributed by atoms with Crippen molar-refractivity contribution in [2.45, 2.75) is 18.6 Å². The minimum Gasteiger partial charge on any atom is -0.486 e. The molecule has 2 aromatic rings. The minimum absolute atomic E-state index is 0.0291. The van der Waals surface area contributed by atoms with Gasteiger partial charge < -0.3 is 24.1 Å². The molecular formula is C18H23N3O4S. The van der Waals surface area contributed by atoms with Crippen molar-refractivity contribution in [2.75, 3.05) is 39.2 Å². The van der Waals surface area contributed by atoms with Crippen molar-refractivity contribution in [3.8, 4) is 22.8 Å². The van der Waals surface area contributed by atoms with Crippen LogP contribution in [0.4, 0.5) is 0 Å². The van der Waals surface area contributed by atoms with Crippen molar-refractivity contribution in [3.05, 3.63) is 24.4 Å². The van der Waals surface area contributed by atoms with Crippen molar-refractivity contribution in [1.29, 1.82) is 0 Å². The van der Waals surface area contributed by atoms with Crippen LogP contribution < -0.4 is 14.8 Å². The van der Waals surface area contributed by atoms with E-state index >= 15 is 0 Å². The number of rotatable bonds is 8. The van der Waals surface area contributed by atoms with Crippen molar-refractivity contribution < 1.29 is 19.0 Å². The third-order valence-corrected chi connectivity index (χ3v) is 4.92. The van der Waals surface area contributed by atoms with Crippen LogP contribution in [0.5, 0.6) is 11.5 Å². The molecule has 0 saturated heterocycles. The number of nitrogens with zero attached hydrogens (tertiary/aromatic N) is 2. The molecule has 26 heavy (non-hydrogen) atoms. The van der Waals surface area contributed by atoms with Gasteiger partial charge in [-0.1, -0.05) is 11.8 Å². The Kier molecular flexibility index (Phi) is 6.40. The molecule has 7 nitrogen and oxygen atoms in total. The van der Waals surface area contributed by atoms with Crippen LogP contribution in [0.25, 0.3) is 11.3 Å². The highest BCUT2D eigenvalue weighted by Gasteiger charge is 2.16. The van der Waals surface area contributed by atoms with Gasteiger partial charge in [-0.05, 0) is 25.1 Å². The second-order valence-corrected chi connectivity index (χ2v) is 6.60. The second-order valence-electron chi connectivity index (χ2n) is 5.66. The zero-order chi connectivity index (χ0) is 18.4. The van der Waals surface area contributed by atoms with E-state index in [4.69, 9.17) is 14.2 Å². The highest BCUT2D eigenvalue weighted by molar-refractivity contribution is 7.99. The molecule has 0 unspecified atom stereocenters. The van der Waals surface area contributed by atoms with Gasteiger partial charge in [-0.15, -0.1) is 0 Å². The van der Waals surface area contributed by atoms with E-state index in [0.717, 1.165) is 34.5 Å². The Bertz CT molecular complexity index is 763. The topological polar surface area (TPSA) is 74.6 Å². The first-order chi connectivity index (χ1) is 12.7. The van der Waals surface area contributed by atoms with Gasteiger partial charge in [0.2, 0.25) is 5.91 Å². The number of imidazole rings is 1. The maximum Gasteiger partial charge on any atom is 0.230 e. The highest BCUT2D eigenvalue weighted by atomic mass is 32.2. The third-order valence-electron chi connectivity index (χ3n) is 3.93. The average molecular weight is 377 g/mol. The second kappa shape index (κ2) is 8.95. The largest absolute Gasteiger partial charge is 0.486 e. The number of amides is 1.